The normalized spacial score (nSPS) is 16.4. The Morgan fingerprint density at radius 3 is 2.70 bits per heavy atom. The van der Waals surface area contributed by atoms with Crippen LogP contribution in [0.2, 0.25) is 10.0 Å². The summed E-state index contributed by atoms with van der Waals surface area (Å²) in [7, 11) is 0. The summed E-state index contributed by atoms with van der Waals surface area (Å²) in [5.74, 6) is 0.664. The fraction of sp³-hybridized carbons (Fsp3) is 0.353. The first kappa shape index (κ1) is 16.4. The molecule has 0 unspecified atom stereocenters. The number of carbonyl (C=O) groups excluding carboxylic acids is 1. The molecule has 1 aliphatic heterocycles. The Kier molecular flexibility index (Phi) is 5.26. The Labute approximate surface area is 145 Å². The highest BCUT2D eigenvalue weighted by atomic mass is 35.5. The number of nitrogens with zero attached hydrogens (tertiary/aromatic N) is 1. The average Bonchev–Trinajstić information content (AvgIpc) is 3.21. The van der Waals surface area contributed by atoms with Gasteiger partial charge in [0.15, 0.2) is 0 Å². The third-order valence-electron chi connectivity index (χ3n) is 4.08. The SMILES string of the molecule is O=C(NC[C@H](c1ccco1)N1CCCC1)c1ccc(Cl)cc1Cl. The van der Waals surface area contributed by atoms with E-state index in [1.54, 1.807) is 24.5 Å². The maximum Gasteiger partial charge on any atom is 0.252 e. The maximum atomic E-state index is 12.4. The van der Waals surface area contributed by atoms with Gasteiger partial charge >= 0.3 is 0 Å². The molecule has 1 saturated heterocycles. The van der Waals surface area contributed by atoms with E-state index in [1.165, 1.54) is 12.8 Å². The minimum absolute atomic E-state index is 0.0440. The van der Waals surface area contributed by atoms with Crippen LogP contribution in [0.4, 0.5) is 0 Å². The monoisotopic (exact) mass is 352 g/mol. The summed E-state index contributed by atoms with van der Waals surface area (Å²) in [6.07, 6.45) is 4.01. The molecule has 3 rings (SSSR count). The van der Waals surface area contributed by atoms with Gasteiger partial charge < -0.3 is 9.73 Å². The zero-order valence-electron chi connectivity index (χ0n) is 12.6. The van der Waals surface area contributed by atoms with Crippen molar-refractivity contribution < 1.29 is 9.21 Å². The summed E-state index contributed by atoms with van der Waals surface area (Å²) in [4.78, 5) is 14.7. The molecule has 2 heterocycles. The van der Waals surface area contributed by atoms with E-state index >= 15 is 0 Å². The van der Waals surface area contributed by atoms with E-state index in [0.717, 1.165) is 18.8 Å². The average molecular weight is 353 g/mol. The van der Waals surface area contributed by atoms with Crippen LogP contribution < -0.4 is 5.32 Å². The number of carbonyl (C=O) groups is 1. The summed E-state index contributed by atoms with van der Waals surface area (Å²) in [5, 5.41) is 3.82. The van der Waals surface area contributed by atoms with Crippen molar-refractivity contribution in [2.24, 2.45) is 0 Å². The van der Waals surface area contributed by atoms with Gasteiger partial charge in [0, 0.05) is 11.6 Å². The van der Waals surface area contributed by atoms with E-state index in [4.69, 9.17) is 27.6 Å². The molecule has 122 valence electrons. The van der Waals surface area contributed by atoms with Gasteiger partial charge in [-0.2, -0.15) is 0 Å². The smallest absolute Gasteiger partial charge is 0.252 e. The summed E-state index contributed by atoms with van der Waals surface area (Å²) in [5.41, 5.74) is 0.427. The fourth-order valence-electron chi connectivity index (χ4n) is 2.90. The first-order valence-corrected chi connectivity index (χ1v) is 8.41. The molecule has 1 atom stereocenters. The van der Waals surface area contributed by atoms with Crippen LogP contribution in [0, 0.1) is 0 Å². The van der Waals surface area contributed by atoms with Gasteiger partial charge in [-0.15, -0.1) is 0 Å². The van der Waals surface area contributed by atoms with Crippen LogP contribution >= 0.6 is 23.2 Å². The molecule has 0 spiro atoms. The largest absolute Gasteiger partial charge is 0.468 e. The number of halogens is 2. The quantitative estimate of drug-likeness (QED) is 0.878. The second-order valence-electron chi connectivity index (χ2n) is 5.61. The van der Waals surface area contributed by atoms with Gasteiger partial charge in [-0.3, -0.25) is 9.69 Å². The number of rotatable bonds is 5. The van der Waals surface area contributed by atoms with Gasteiger partial charge in [-0.25, -0.2) is 0 Å². The lowest BCUT2D eigenvalue weighted by molar-refractivity contribution is 0.0934. The lowest BCUT2D eigenvalue weighted by Crippen LogP contribution is -2.36. The maximum absolute atomic E-state index is 12.4. The van der Waals surface area contributed by atoms with Crippen LogP contribution in [0.1, 0.15) is 35.0 Å². The van der Waals surface area contributed by atoms with Crippen molar-refractivity contribution in [1.29, 1.82) is 0 Å². The van der Waals surface area contributed by atoms with E-state index in [1.807, 2.05) is 12.1 Å². The zero-order valence-corrected chi connectivity index (χ0v) is 14.1. The molecule has 1 aromatic heterocycles. The van der Waals surface area contributed by atoms with E-state index in [9.17, 15) is 4.79 Å². The standard InChI is InChI=1S/C17H18Cl2N2O2/c18-12-5-6-13(14(19)10-12)17(22)20-11-15(16-4-3-9-23-16)21-7-1-2-8-21/h3-6,9-10,15H,1-2,7-8,11H2,(H,20,22)/t15-/m1/s1. The first-order valence-electron chi connectivity index (χ1n) is 7.66. The predicted molar refractivity (Wildman–Crippen MR) is 91.1 cm³/mol. The van der Waals surface area contributed by atoms with Gasteiger partial charge in [0.1, 0.15) is 5.76 Å². The highest BCUT2D eigenvalue weighted by Gasteiger charge is 2.26. The summed E-state index contributed by atoms with van der Waals surface area (Å²) >= 11 is 12.0. The molecule has 1 amide bonds. The summed E-state index contributed by atoms with van der Waals surface area (Å²) < 4.78 is 5.55. The van der Waals surface area contributed by atoms with Crippen LogP contribution in [0.3, 0.4) is 0 Å². The van der Waals surface area contributed by atoms with Gasteiger partial charge in [0.05, 0.1) is 22.9 Å². The van der Waals surface area contributed by atoms with Crippen LogP contribution in [-0.2, 0) is 0 Å². The summed E-state index contributed by atoms with van der Waals surface area (Å²) in [6, 6.07) is 8.73. The predicted octanol–water partition coefficient (Wildman–Crippen LogP) is 4.15. The molecule has 1 aromatic carbocycles. The molecule has 1 N–H and O–H groups in total. The number of nitrogens with one attached hydrogen (secondary N) is 1. The van der Waals surface area contributed by atoms with Gasteiger partial charge in [-0.1, -0.05) is 23.2 Å². The molecular formula is C17H18Cl2N2O2. The number of hydrogen-bond donors (Lipinski definition) is 1. The molecule has 1 aliphatic rings. The lowest BCUT2D eigenvalue weighted by Gasteiger charge is -2.26. The molecular weight excluding hydrogens is 335 g/mol. The molecule has 0 saturated carbocycles. The van der Waals surface area contributed by atoms with Crippen LogP contribution in [-0.4, -0.2) is 30.4 Å². The van der Waals surface area contributed by atoms with Gasteiger partial charge in [-0.05, 0) is 56.3 Å². The van der Waals surface area contributed by atoms with Crippen LogP contribution in [0.15, 0.2) is 41.0 Å². The topological polar surface area (TPSA) is 45.5 Å². The van der Waals surface area contributed by atoms with Crippen LogP contribution in [0.5, 0.6) is 0 Å². The lowest BCUT2D eigenvalue weighted by atomic mass is 10.1. The summed E-state index contributed by atoms with van der Waals surface area (Å²) in [6.45, 7) is 2.51. The highest BCUT2D eigenvalue weighted by molar-refractivity contribution is 6.36. The van der Waals surface area contributed by atoms with E-state index in [2.05, 4.69) is 10.2 Å². The second-order valence-corrected chi connectivity index (χ2v) is 6.45. The number of amides is 1. The van der Waals surface area contributed by atoms with Crippen molar-refractivity contribution in [3.8, 4) is 0 Å². The number of likely N-dealkylation sites (tertiary alicyclic amines) is 1. The molecule has 0 bridgehead atoms. The van der Waals surface area contributed by atoms with Crippen molar-refractivity contribution in [3.63, 3.8) is 0 Å². The molecule has 1 fully saturated rings. The molecule has 23 heavy (non-hydrogen) atoms. The van der Waals surface area contributed by atoms with Crippen molar-refractivity contribution in [1.82, 2.24) is 10.2 Å². The van der Waals surface area contributed by atoms with Crippen molar-refractivity contribution >= 4 is 29.1 Å². The minimum atomic E-state index is -0.206. The number of benzene rings is 1. The third-order valence-corrected chi connectivity index (χ3v) is 4.63. The zero-order chi connectivity index (χ0) is 16.2. The molecule has 6 heteroatoms. The van der Waals surface area contributed by atoms with Gasteiger partial charge in [0.2, 0.25) is 0 Å². The minimum Gasteiger partial charge on any atom is -0.468 e. The third kappa shape index (κ3) is 3.89. The van der Waals surface area contributed by atoms with E-state index < -0.39 is 0 Å². The molecule has 0 radical (unpaired) electrons. The Bertz CT molecular complexity index is 667. The van der Waals surface area contributed by atoms with Crippen molar-refractivity contribution in [2.75, 3.05) is 19.6 Å². The molecule has 4 nitrogen and oxygen atoms in total. The molecule has 2 aromatic rings. The van der Waals surface area contributed by atoms with Crippen molar-refractivity contribution in [2.45, 2.75) is 18.9 Å². The van der Waals surface area contributed by atoms with Gasteiger partial charge in [0.25, 0.3) is 5.91 Å². The number of hydrogen-bond acceptors (Lipinski definition) is 3. The Hall–Kier alpha value is -1.49. The van der Waals surface area contributed by atoms with E-state index in [-0.39, 0.29) is 11.9 Å². The highest BCUT2D eigenvalue weighted by Crippen LogP contribution is 2.25. The first-order chi connectivity index (χ1) is 11.1. The molecule has 0 aliphatic carbocycles. The van der Waals surface area contributed by atoms with Crippen molar-refractivity contribution in [3.05, 3.63) is 58.0 Å². The Morgan fingerprint density at radius 1 is 1.26 bits per heavy atom. The second kappa shape index (κ2) is 7.39. The van der Waals surface area contributed by atoms with E-state index in [0.29, 0.717) is 22.2 Å². The Morgan fingerprint density at radius 2 is 2.04 bits per heavy atom. The number of furan rings is 1. The fourth-order valence-corrected chi connectivity index (χ4v) is 3.40. The Balaban J connectivity index is 1.69. The van der Waals surface area contributed by atoms with Crippen LogP contribution in [0.25, 0.3) is 0 Å².